The summed E-state index contributed by atoms with van der Waals surface area (Å²) in [6.45, 7) is 2.40. The molecule has 0 fully saturated rings. The fourth-order valence-electron chi connectivity index (χ4n) is 2.08. The van der Waals surface area contributed by atoms with Crippen molar-refractivity contribution in [1.29, 1.82) is 5.26 Å². The van der Waals surface area contributed by atoms with Crippen molar-refractivity contribution < 1.29 is 13.9 Å². The van der Waals surface area contributed by atoms with Gasteiger partial charge in [-0.2, -0.15) is 5.26 Å². The van der Waals surface area contributed by atoms with Gasteiger partial charge in [0, 0.05) is 26.1 Å². The standard InChI is InChI=1S/C18H21N3O3/c19-8-1-2-11-23-16-6-3-5-15(13-16)14-20-9-10-21-18(22)17-7-4-12-24-17/h3-7,12-13,20H,1-2,9-11,14H2,(H,21,22). The molecule has 1 heterocycles. The van der Waals surface area contributed by atoms with E-state index >= 15 is 0 Å². The molecule has 0 aliphatic rings. The van der Waals surface area contributed by atoms with Crippen LogP contribution in [0.25, 0.3) is 0 Å². The van der Waals surface area contributed by atoms with Gasteiger partial charge >= 0.3 is 0 Å². The number of carbonyl (C=O) groups excluding carboxylic acids is 1. The van der Waals surface area contributed by atoms with Crippen LogP contribution in [0.5, 0.6) is 5.75 Å². The summed E-state index contributed by atoms with van der Waals surface area (Å²) in [5, 5.41) is 14.5. The molecule has 2 aromatic rings. The first-order chi connectivity index (χ1) is 11.8. The first-order valence-electron chi connectivity index (χ1n) is 7.90. The monoisotopic (exact) mass is 327 g/mol. The van der Waals surface area contributed by atoms with Gasteiger partial charge < -0.3 is 19.8 Å². The molecule has 0 saturated heterocycles. The lowest BCUT2D eigenvalue weighted by atomic mass is 10.2. The Bertz CT molecular complexity index is 662. The van der Waals surface area contributed by atoms with Gasteiger partial charge in [0.2, 0.25) is 0 Å². The largest absolute Gasteiger partial charge is 0.494 e. The van der Waals surface area contributed by atoms with E-state index in [-0.39, 0.29) is 5.91 Å². The number of nitrogens with zero attached hydrogens (tertiary/aromatic N) is 1. The number of hydrogen-bond donors (Lipinski definition) is 2. The summed E-state index contributed by atoms with van der Waals surface area (Å²) in [5.41, 5.74) is 1.10. The van der Waals surface area contributed by atoms with E-state index in [1.54, 1.807) is 12.1 Å². The van der Waals surface area contributed by atoms with Gasteiger partial charge in [0.1, 0.15) is 5.75 Å². The van der Waals surface area contributed by atoms with E-state index in [2.05, 4.69) is 16.7 Å². The number of furan rings is 1. The van der Waals surface area contributed by atoms with Crippen LogP contribution in [0.1, 0.15) is 29.0 Å². The number of carbonyl (C=O) groups is 1. The molecule has 1 aromatic heterocycles. The van der Waals surface area contributed by atoms with E-state index in [4.69, 9.17) is 14.4 Å². The van der Waals surface area contributed by atoms with Gasteiger partial charge in [-0.3, -0.25) is 4.79 Å². The van der Waals surface area contributed by atoms with Gasteiger partial charge in [0.25, 0.3) is 5.91 Å². The minimum absolute atomic E-state index is 0.213. The molecule has 126 valence electrons. The molecule has 2 N–H and O–H groups in total. The summed E-state index contributed by atoms with van der Waals surface area (Å²) in [7, 11) is 0. The van der Waals surface area contributed by atoms with Crippen LogP contribution in [0.4, 0.5) is 0 Å². The maximum atomic E-state index is 11.7. The van der Waals surface area contributed by atoms with Crippen LogP contribution < -0.4 is 15.4 Å². The van der Waals surface area contributed by atoms with Gasteiger partial charge in [-0.25, -0.2) is 0 Å². The maximum Gasteiger partial charge on any atom is 0.287 e. The lowest BCUT2D eigenvalue weighted by molar-refractivity contribution is 0.0926. The first kappa shape index (κ1) is 17.6. The number of amides is 1. The average molecular weight is 327 g/mol. The second kappa shape index (κ2) is 10.1. The number of nitrogens with one attached hydrogen (secondary N) is 2. The quantitative estimate of drug-likeness (QED) is 0.655. The zero-order valence-electron chi connectivity index (χ0n) is 13.5. The number of rotatable bonds is 10. The van der Waals surface area contributed by atoms with Crippen LogP contribution in [0.3, 0.4) is 0 Å². The van der Waals surface area contributed by atoms with Crippen LogP contribution in [0.2, 0.25) is 0 Å². The Kier molecular flexibility index (Phi) is 7.38. The summed E-state index contributed by atoms with van der Waals surface area (Å²) >= 11 is 0. The summed E-state index contributed by atoms with van der Waals surface area (Å²) < 4.78 is 10.6. The summed E-state index contributed by atoms with van der Waals surface area (Å²) in [6.07, 6.45) is 2.71. The average Bonchev–Trinajstić information content (AvgIpc) is 3.13. The van der Waals surface area contributed by atoms with Crippen molar-refractivity contribution in [3.05, 3.63) is 54.0 Å². The van der Waals surface area contributed by atoms with E-state index in [1.165, 1.54) is 6.26 Å². The zero-order valence-corrected chi connectivity index (χ0v) is 13.5. The fourth-order valence-corrected chi connectivity index (χ4v) is 2.08. The van der Waals surface area contributed by atoms with Crippen molar-refractivity contribution in [3.8, 4) is 11.8 Å². The Labute approximate surface area is 141 Å². The third kappa shape index (κ3) is 6.15. The number of benzene rings is 1. The fraction of sp³-hybridized carbons (Fsp3) is 0.333. The second-order valence-corrected chi connectivity index (χ2v) is 5.17. The molecule has 0 aliphatic carbocycles. The highest BCUT2D eigenvalue weighted by Crippen LogP contribution is 2.13. The molecule has 0 radical (unpaired) electrons. The molecule has 6 heteroatoms. The maximum absolute atomic E-state index is 11.7. The van der Waals surface area contributed by atoms with E-state index in [1.807, 2.05) is 24.3 Å². The third-order valence-electron chi connectivity index (χ3n) is 3.26. The van der Waals surface area contributed by atoms with Gasteiger partial charge in [-0.15, -0.1) is 0 Å². The van der Waals surface area contributed by atoms with Crippen LogP contribution in [-0.2, 0) is 6.54 Å². The highest BCUT2D eigenvalue weighted by atomic mass is 16.5. The van der Waals surface area contributed by atoms with Crippen LogP contribution in [0, 0.1) is 11.3 Å². The number of unbranched alkanes of at least 4 members (excludes halogenated alkanes) is 1. The summed E-state index contributed by atoms with van der Waals surface area (Å²) in [6, 6.07) is 13.2. The van der Waals surface area contributed by atoms with E-state index in [0.717, 1.165) is 17.7 Å². The van der Waals surface area contributed by atoms with Crippen molar-refractivity contribution in [2.75, 3.05) is 19.7 Å². The Morgan fingerprint density at radius 1 is 1.25 bits per heavy atom. The lowest BCUT2D eigenvalue weighted by Gasteiger charge is -2.09. The minimum Gasteiger partial charge on any atom is -0.494 e. The molecule has 2 rings (SSSR count). The van der Waals surface area contributed by atoms with E-state index in [9.17, 15) is 4.79 Å². The molecule has 1 amide bonds. The minimum atomic E-state index is -0.213. The number of ether oxygens (including phenoxy) is 1. The summed E-state index contributed by atoms with van der Waals surface area (Å²) in [4.78, 5) is 11.7. The van der Waals surface area contributed by atoms with Gasteiger partial charge in [-0.05, 0) is 36.2 Å². The highest BCUT2D eigenvalue weighted by Gasteiger charge is 2.06. The van der Waals surface area contributed by atoms with Crippen molar-refractivity contribution in [2.45, 2.75) is 19.4 Å². The van der Waals surface area contributed by atoms with Gasteiger partial charge in [0.05, 0.1) is 18.9 Å². The molecule has 24 heavy (non-hydrogen) atoms. The molecule has 0 spiro atoms. The Hall–Kier alpha value is -2.78. The second-order valence-electron chi connectivity index (χ2n) is 5.17. The molecule has 6 nitrogen and oxygen atoms in total. The van der Waals surface area contributed by atoms with Crippen molar-refractivity contribution >= 4 is 5.91 Å². The van der Waals surface area contributed by atoms with E-state index in [0.29, 0.717) is 38.4 Å². The van der Waals surface area contributed by atoms with Crippen LogP contribution in [-0.4, -0.2) is 25.6 Å². The van der Waals surface area contributed by atoms with Gasteiger partial charge in [-0.1, -0.05) is 12.1 Å². The summed E-state index contributed by atoms with van der Waals surface area (Å²) in [5.74, 6) is 0.907. The molecular weight excluding hydrogens is 306 g/mol. The van der Waals surface area contributed by atoms with E-state index < -0.39 is 0 Å². The topological polar surface area (TPSA) is 87.3 Å². The Balaban J connectivity index is 1.63. The van der Waals surface area contributed by atoms with Crippen LogP contribution >= 0.6 is 0 Å². The molecule has 0 saturated carbocycles. The Morgan fingerprint density at radius 2 is 2.17 bits per heavy atom. The van der Waals surface area contributed by atoms with Crippen LogP contribution in [0.15, 0.2) is 47.1 Å². The predicted molar refractivity (Wildman–Crippen MR) is 89.5 cm³/mol. The Morgan fingerprint density at radius 3 is 2.96 bits per heavy atom. The molecular formula is C18H21N3O3. The van der Waals surface area contributed by atoms with Gasteiger partial charge in [0.15, 0.2) is 5.76 Å². The molecule has 0 aliphatic heterocycles. The first-order valence-corrected chi connectivity index (χ1v) is 7.90. The lowest BCUT2D eigenvalue weighted by Crippen LogP contribution is -2.31. The number of hydrogen-bond acceptors (Lipinski definition) is 5. The normalized spacial score (nSPS) is 10.1. The smallest absolute Gasteiger partial charge is 0.287 e. The molecule has 1 aromatic carbocycles. The van der Waals surface area contributed by atoms with Crippen molar-refractivity contribution in [1.82, 2.24) is 10.6 Å². The number of nitriles is 1. The molecule has 0 bridgehead atoms. The van der Waals surface area contributed by atoms with Crippen molar-refractivity contribution in [3.63, 3.8) is 0 Å². The predicted octanol–water partition coefficient (Wildman–Crippen LogP) is 2.48. The zero-order chi connectivity index (χ0) is 17.0. The SMILES string of the molecule is N#CCCCOc1cccc(CNCCNC(=O)c2ccco2)c1. The van der Waals surface area contributed by atoms with Crippen molar-refractivity contribution in [2.24, 2.45) is 0 Å². The highest BCUT2D eigenvalue weighted by molar-refractivity contribution is 5.91. The third-order valence-corrected chi connectivity index (χ3v) is 3.26. The molecule has 0 atom stereocenters. The molecule has 0 unspecified atom stereocenters.